The summed E-state index contributed by atoms with van der Waals surface area (Å²) in [4.78, 5) is 31.1. The number of aryl methyl sites for hydroxylation is 2. The van der Waals surface area contributed by atoms with E-state index in [0.717, 1.165) is 5.56 Å². The van der Waals surface area contributed by atoms with Gasteiger partial charge in [0.15, 0.2) is 5.76 Å². The first-order valence-electron chi connectivity index (χ1n) is 11.7. The molecule has 37 heavy (non-hydrogen) atoms. The van der Waals surface area contributed by atoms with Gasteiger partial charge in [-0.2, -0.15) is 4.80 Å². The van der Waals surface area contributed by atoms with E-state index in [-0.39, 0.29) is 18.3 Å². The molecule has 0 saturated carbocycles. The van der Waals surface area contributed by atoms with Crippen molar-refractivity contribution in [3.8, 4) is 17.3 Å². The number of nitrogens with zero attached hydrogens (tertiary/aromatic N) is 5. The topological polar surface area (TPSA) is 115 Å². The zero-order valence-electron chi connectivity index (χ0n) is 21.7. The minimum atomic E-state index is -0.946. The number of aromatic nitrogens is 4. The Morgan fingerprint density at radius 3 is 2.59 bits per heavy atom. The molecule has 4 aromatic rings. The Labute approximate surface area is 219 Å². The third-order valence-electron chi connectivity index (χ3n) is 5.37. The number of ether oxygens (including phenoxy) is 1. The van der Waals surface area contributed by atoms with Gasteiger partial charge < -0.3 is 14.5 Å². The molecular weight excluding hydrogens is 492 g/mol. The van der Waals surface area contributed by atoms with E-state index >= 15 is 0 Å². The minimum Gasteiger partial charge on any atom is -0.495 e. The van der Waals surface area contributed by atoms with Crippen molar-refractivity contribution in [2.24, 2.45) is 0 Å². The van der Waals surface area contributed by atoms with Gasteiger partial charge in [-0.05, 0) is 81.1 Å². The first kappa shape index (κ1) is 26.1. The van der Waals surface area contributed by atoms with Gasteiger partial charge in [0.2, 0.25) is 11.7 Å². The molecule has 0 aliphatic carbocycles. The molecular formula is C26H30N6O4S. The number of methoxy groups -OCH3 is 1. The van der Waals surface area contributed by atoms with E-state index in [1.807, 2.05) is 64.3 Å². The van der Waals surface area contributed by atoms with Crippen molar-refractivity contribution in [2.75, 3.05) is 12.0 Å². The lowest BCUT2D eigenvalue weighted by Crippen LogP contribution is -2.50. The number of tetrazole rings is 1. The van der Waals surface area contributed by atoms with Crippen molar-refractivity contribution in [1.29, 1.82) is 0 Å². The number of benzene rings is 1. The Balaban J connectivity index is 1.77. The molecule has 0 radical (unpaired) electrons. The number of thiophene rings is 1. The number of hydrogen-bond donors (Lipinski definition) is 1. The number of furan rings is 1. The summed E-state index contributed by atoms with van der Waals surface area (Å²) in [5, 5.41) is 17.3. The molecule has 1 atom stereocenters. The van der Waals surface area contributed by atoms with E-state index in [4.69, 9.17) is 9.15 Å². The lowest BCUT2D eigenvalue weighted by Gasteiger charge is -2.33. The first-order valence-corrected chi connectivity index (χ1v) is 12.6. The molecule has 3 heterocycles. The summed E-state index contributed by atoms with van der Waals surface area (Å²) < 4.78 is 11.2. The number of amides is 2. The predicted molar refractivity (Wildman–Crippen MR) is 140 cm³/mol. The molecule has 0 fully saturated rings. The molecule has 1 aromatic carbocycles. The van der Waals surface area contributed by atoms with E-state index in [1.165, 1.54) is 28.1 Å². The van der Waals surface area contributed by atoms with Crippen LogP contribution in [0.5, 0.6) is 5.75 Å². The van der Waals surface area contributed by atoms with Crippen LogP contribution >= 0.6 is 11.3 Å². The van der Waals surface area contributed by atoms with E-state index in [1.54, 1.807) is 18.2 Å². The van der Waals surface area contributed by atoms with Crippen molar-refractivity contribution < 1.29 is 18.7 Å². The molecule has 0 spiro atoms. The Morgan fingerprint density at radius 2 is 1.97 bits per heavy atom. The quantitative estimate of drug-likeness (QED) is 0.367. The summed E-state index contributed by atoms with van der Waals surface area (Å²) in [7, 11) is 1.53. The van der Waals surface area contributed by atoms with Gasteiger partial charge in [-0.25, -0.2) is 0 Å². The van der Waals surface area contributed by atoms with Gasteiger partial charge in [-0.15, -0.1) is 21.5 Å². The number of rotatable bonds is 8. The van der Waals surface area contributed by atoms with Crippen molar-refractivity contribution in [3.63, 3.8) is 0 Å². The average Bonchev–Trinajstić information content (AvgIpc) is 3.58. The number of hydrogen-bond acceptors (Lipinski definition) is 8. The number of nitrogens with one attached hydrogen (secondary N) is 1. The van der Waals surface area contributed by atoms with Crippen LogP contribution in [0.4, 0.5) is 5.69 Å². The smallest absolute Gasteiger partial charge is 0.251 e. The lowest BCUT2D eigenvalue weighted by atomic mass is 10.1. The molecule has 4 rings (SSSR count). The summed E-state index contributed by atoms with van der Waals surface area (Å²) >= 11 is 1.40. The second-order valence-electron chi connectivity index (χ2n) is 9.65. The van der Waals surface area contributed by atoms with Gasteiger partial charge in [-0.1, -0.05) is 12.1 Å². The molecule has 2 amide bonds. The second-order valence-corrected chi connectivity index (χ2v) is 10.6. The fourth-order valence-electron chi connectivity index (χ4n) is 3.82. The van der Waals surface area contributed by atoms with Crippen molar-refractivity contribution in [1.82, 2.24) is 25.5 Å². The zero-order valence-corrected chi connectivity index (χ0v) is 22.5. The standard InChI is InChI=1S/C26H30N6O4S/c1-16-9-11-19(35-6)18(14-16)32(23(21-8-7-13-37-21)25(34)27-26(3,4)5)22(33)15-31-29-24(28-30-31)20-12-10-17(2)36-20/h7-14,23H,15H2,1-6H3,(H,27,34). The van der Waals surface area contributed by atoms with Gasteiger partial charge in [0.25, 0.3) is 5.91 Å². The highest BCUT2D eigenvalue weighted by Gasteiger charge is 2.37. The Hall–Kier alpha value is -3.99. The number of anilines is 1. The van der Waals surface area contributed by atoms with E-state index in [9.17, 15) is 9.59 Å². The van der Waals surface area contributed by atoms with Crippen LogP contribution in [-0.2, 0) is 16.1 Å². The summed E-state index contributed by atoms with van der Waals surface area (Å²) in [5.41, 5.74) is 0.864. The third-order valence-corrected chi connectivity index (χ3v) is 6.30. The molecule has 1 N–H and O–H groups in total. The summed E-state index contributed by atoms with van der Waals surface area (Å²) in [5.74, 6) is 1.16. The minimum absolute atomic E-state index is 0.255. The van der Waals surface area contributed by atoms with E-state index < -0.39 is 17.5 Å². The number of carbonyl (C=O) groups excluding carboxylic acids is 2. The first-order chi connectivity index (χ1) is 17.6. The number of carbonyl (C=O) groups is 2. The van der Waals surface area contributed by atoms with Crippen LogP contribution in [0, 0.1) is 13.8 Å². The van der Waals surface area contributed by atoms with Crippen LogP contribution in [0.1, 0.15) is 43.0 Å². The maximum atomic E-state index is 14.0. The van der Waals surface area contributed by atoms with Crippen LogP contribution < -0.4 is 15.0 Å². The van der Waals surface area contributed by atoms with Crippen molar-refractivity contribution in [3.05, 3.63) is 64.0 Å². The SMILES string of the molecule is COc1ccc(C)cc1N(C(=O)Cn1nnc(-c2ccc(C)o2)n1)C(C(=O)NC(C)(C)C)c1cccs1. The third kappa shape index (κ3) is 6.05. The van der Waals surface area contributed by atoms with E-state index in [2.05, 4.69) is 20.7 Å². The molecule has 0 bridgehead atoms. The van der Waals surface area contributed by atoms with Crippen LogP contribution in [0.15, 0.2) is 52.3 Å². The molecule has 10 nitrogen and oxygen atoms in total. The molecule has 0 saturated heterocycles. The van der Waals surface area contributed by atoms with Gasteiger partial charge in [0.1, 0.15) is 24.1 Å². The highest BCUT2D eigenvalue weighted by atomic mass is 32.1. The van der Waals surface area contributed by atoms with Gasteiger partial charge in [0.05, 0.1) is 12.8 Å². The second kappa shape index (κ2) is 10.6. The molecule has 0 aliphatic heterocycles. The Morgan fingerprint density at radius 1 is 1.19 bits per heavy atom. The Bertz CT molecular complexity index is 1390. The fraction of sp³-hybridized carbons (Fsp3) is 0.346. The monoisotopic (exact) mass is 522 g/mol. The van der Waals surface area contributed by atoms with Crippen molar-refractivity contribution in [2.45, 2.75) is 52.7 Å². The van der Waals surface area contributed by atoms with Gasteiger partial charge >= 0.3 is 0 Å². The van der Waals surface area contributed by atoms with Gasteiger partial charge in [-0.3, -0.25) is 14.5 Å². The van der Waals surface area contributed by atoms with Crippen LogP contribution in [0.3, 0.4) is 0 Å². The molecule has 194 valence electrons. The molecule has 11 heteroatoms. The van der Waals surface area contributed by atoms with Crippen LogP contribution in [-0.4, -0.2) is 44.7 Å². The maximum Gasteiger partial charge on any atom is 0.251 e. The summed E-state index contributed by atoms with van der Waals surface area (Å²) in [6.45, 7) is 9.16. The maximum absolute atomic E-state index is 14.0. The van der Waals surface area contributed by atoms with Crippen LogP contribution in [0.2, 0.25) is 0 Å². The lowest BCUT2D eigenvalue weighted by molar-refractivity contribution is -0.128. The zero-order chi connectivity index (χ0) is 26.7. The Kier molecular flexibility index (Phi) is 7.44. The largest absolute Gasteiger partial charge is 0.495 e. The average molecular weight is 523 g/mol. The van der Waals surface area contributed by atoms with E-state index in [0.29, 0.717) is 27.8 Å². The van der Waals surface area contributed by atoms with Crippen molar-refractivity contribution >= 4 is 28.8 Å². The van der Waals surface area contributed by atoms with Gasteiger partial charge in [0, 0.05) is 10.4 Å². The highest BCUT2D eigenvalue weighted by molar-refractivity contribution is 7.10. The normalized spacial score (nSPS) is 12.3. The summed E-state index contributed by atoms with van der Waals surface area (Å²) in [6.07, 6.45) is 0. The van der Waals surface area contributed by atoms with Crippen LogP contribution in [0.25, 0.3) is 11.6 Å². The molecule has 1 unspecified atom stereocenters. The molecule has 0 aliphatic rings. The predicted octanol–water partition coefficient (Wildman–Crippen LogP) is 4.31. The molecule has 3 aromatic heterocycles. The fourth-order valence-corrected chi connectivity index (χ4v) is 4.64. The summed E-state index contributed by atoms with van der Waals surface area (Å²) in [6, 6.07) is 11.8. The highest BCUT2D eigenvalue weighted by Crippen LogP contribution is 2.37.